The molecule has 2 aromatic heterocycles. The molecule has 0 radical (unpaired) electrons. The SMILES string of the molecule is O=C(O)c1c(O)c2c(C(=O)N3CCOCC3)ncnc2n(OCc2ccccc2)c1=O. The van der Waals surface area contributed by atoms with E-state index in [4.69, 9.17) is 9.57 Å². The summed E-state index contributed by atoms with van der Waals surface area (Å²) in [6, 6.07) is 8.88. The molecule has 0 unspecified atom stereocenters. The topological polar surface area (TPSA) is 144 Å². The summed E-state index contributed by atoms with van der Waals surface area (Å²) in [6.07, 6.45) is 1.05. The third-order valence-corrected chi connectivity index (χ3v) is 4.81. The molecule has 1 aliphatic rings. The molecule has 11 heteroatoms. The van der Waals surface area contributed by atoms with Crippen LogP contribution in [0.1, 0.15) is 26.4 Å². The van der Waals surface area contributed by atoms with Crippen molar-refractivity contribution in [2.45, 2.75) is 6.61 Å². The highest BCUT2D eigenvalue weighted by atomic mass is 16.7. The van der Waals surface area contributed by atoms with Gasteiger partial charge in [0.2, 0.25) is 0 Å². The summed E-state index contributed by atoms with van der Waals surface area (Å²) in [5.41, 5.74) is -1.78. The van der Waals surface area contributed by atoms with Crippen LogP contribution in [0.15, 0.2) is 41.5 Å². The number of carboxylic acids is 1. The minimum Gasteiger partial charge on any atom is -0.506 e. The van der Waals surface area contributed by atoms with Crippen LogP contribution in [0.5, 0.6) is 5.75 Å². The highest BCUT2D eigenvalue weighted by molar-refractivity contribution is 6.08. The number of carbonyl (C=O) groups excluding carboxylic acids is 1. The van der Waals surface area contributed by atoms with Gasteiger partial charge in [-0.1, -0.05) is 30.3 Å². The van der Waals surface area contributed by atoms with Crippen molar-refractivity contribution in [3.8, 4) is 5.75 Å². The molecule has 1 amide bonds. The smallest absolute Gasteiger partial charge is 0.345 e. The summed E-state index contributed by atoms with van der Waals surface area (Å²) >= 11 is 0. The number of morpholine rings is 1. The second-order valence-electron chi connectivity index (χ2n) is 6.71. The number of nitrogens with zero attached hydrogens (tertiary/aromatic N) is 4. The first-order chi connectivity index (χ1) is 15.0. The fraction of sp³-hybridized carbons (Fsp3) is 0.250. The third kappa shape index (κ3) is 3.78. The lowest BCUT2D eigenvalue weighted by molar-refractivity contribution is 0.0300. The second kappa shape index (κ2) is 8.40. The molecular weight excluding hydrogens is 408 g/mol. The minimum atomic E-state index is -1.67. The average molecular weight is 426 g/mol. The van der Waals surface area contributed by atoms with Crippen LogP contribution >= 0.6 is 0 Å². The van der Waals surface area contributed by atoms with Gasteiger partial charge in [0.15, 0.2) is 11.2 Å². The highest BCUT2D eigenvalue weighted by Crippen LogP contribution is 2.28. The number of aromatic nitrogens is 3. The molecule has 0 saturated carbocycles. The van der Waals surface area contributed by atoms with Crippen LogP contribution < -0.4 is 10.4 Å². The predicted molar refractivity (Wildman–Crippen MR) is 106 cm³/mol. The van der Waals surface area contributed by atoms with Gasteiger partial charge >= 0.3 is 11.5 Å². The summed E-state index contributed by atoms with van der Waals surface area (Å²) in [4.78, 5) is 52.5. The number of amides is 1. The molecule has 1 aliphatic heterocycles. The quantitative estimate of drug-likeness (QED) is 0.588. The van der Waals surface area contributed by atoms with E-state index in [2.05, 4.69) is 9.97 Å². The molecule has 1 saturated heterocycles. The monoisotopic (exact) mass is 426 g/mol. The largest absolute Gasteiger partial charge is 0.506 e. The van der Waals surface area contributed by atoms with Gasteiger partial charge in [0.05, 0.1) is 18.6 Å². The van der Waals surface area contributed by atoms with E-state index >= 15 is 0 Å². The molecule has 3 aromatic rings. The lowest BCUT2D eigenvalue weighted by Crippen LogP contribution is -2.41. The lowest BCUT2D eigenvalue weighted by atomic mass is 10.1. The third-order valence-electron chi connectivity index (χ3n) is 4.81. The van der Waals surface area contributed by atoms with Crippen LogP contribution in [0, 0.1) is 0 Å². The maximum Gasteiger partial charge on any atom is 0.345 e. The summed E-state index contributed by atoms with van der Waals surface area (Å²) in [7, 11) is 0. The van der Waals surface area contributed by atoms with Crippen molar-refractivity contribution < 1.29 is 29.4 Å². The van der Waals surface area contributed by atoms with Crippen molar-refractivity contribution in [1.29, 1.82) is 0 Å². The van der Waals surface area contributed by atoms with E-state index in [1.807, 2.05) is 6.07 Å². The van der Waals surface area contributed by atoms with Gasteiger partial charge in [-0.05, 0) is 5.56 Å². The van der Waals surface area contributed by atoms with Crippen molar-refractivity contribution in [3.05, 3.63) is 63.8 Å². The molecule has 0 bridgehead atoms. The molecular formula is C20H18N4O7. The van der Waals surface area contributed by atoms with Crippen LogP contribution in [-0.4, -0.2) is 68.0 Å². The number of fused-ring (bicyclic) bond motifs is 1. The number of benzene rings is 1. The van der Waals surface area contributed by atoms with Gasteiger partial charge in [0.25, 0.3) is 5.91 Å². The molecule has 160 valence electrons. The van der Waals surface area contributed by atoms with Gasteiger partial charge in [-0.25, -0.2) is 14.8 Å². The number of ether oxygens (including phenoxy) is 1. The number of pyridine rings is 1. The van der Waals surface area contributed by atoms with Gasteiger partial charge in [0, 0.05) is 13.1 Å². The standard InChI is InChI=1S/C20H18N4O7/c25-16-13-15(19(27)23-6-8-30-9-7-23)21-11-22-17(13)24(18(26)14(16)20(28)29)31-10-12-4-2-1-3-5-12/h1-5,11,25H,6-10H2,(H,28,29). The summed E-state index contributed by atoms with van der Waals surface area (Å²) < 4.78 is 5.91. The number of aromatic carboxylic acids is 1. The number of rotatable bonds is 5. The number of carboxylic acid groups (broad SMARTS) is 1. The molecule has 4 rings (SSSR count). The zero-order valence-corrected chi connectivity index (χ0v) is 16.2. The highest BCUT2D eigenvalue weighted by Gasteiger charge is 2.30. The Kier molecular flexibility index (Phi) is 5.50. The Morgan fingerprint density at radius 2 is 1.84 bits per heavy atom. The molecule has 31 heavy (non-hydrogen) atoms. The van der Waals surface area contributed by atoms with Crippen molar-refractivity contribution >= 4 is 22.9 Å². The van der Waals surface area contributed by atoms with Crippen molar-refractivity contribution in [3.63, 3.8) is 0 Å². The van der Waals surface area contributed by atoms with E-state index in [-0.39, 0.29) is 23.3 Å². The van der Waals surface area contributed by atoms with Gasteiger partial charge < -0.3 is 24.7 Å². The number of aromatic hydroxyl groups is 1. The van der Waals surface area contributed by atoms with Crippen molar-refractivity contribution in [2.75, 3.05) is 26.3 Å². The average Bonchev–Trinajstić information content (AvgIpc) is 2.79. The van der Waals surface area contributed by atoms with E-state index in [0.29, 0.717) is 36.6 Å². The van der Waals surface area contributed by atoms with E-state index in [1.165, 1.54) is 4.90 Å². The molecule has 1 aromatic carbocycles. The maximum atomic E-state index is 13.0. The zero-order chi connectivity index (χ0) is 22.0. The first kappa shape index (κ1) is 20.3. The van der Waals surface area contributed by atoms with Gasteiger partial charge in [-0.2, -0.15) is 0 Å². The normalized spacial score (nSPS) is 13.9. The fourth-order valence-electron chi connectivity index (χ4n) is 3.28. The number of hydrogen-bond acceptors (Lipinski definition) is 8. The minimum absolute atomic E-state index is 0.0730. The predicted octanol–water partition coefficient (Wildman–Crippen LogP) is 0.296. The zero-order valence-electron chi connectivity index (χ0n) is 16.2. The van der Waals surface area contributed by atoms with Crippen LogP contribution in [0.25, 0.3) is 11.0 Å². The fourth-order valence-corrected chi connectivity index (χ4v) is 3.28. The lowest BCUT2D eigenvalue weighted by Gasteiger charge is -2.26. The second-order valence-corrected chi connectivity index (χ2v) is 6.71. The van der Waals surface area contributed by atoms with Crippen LogP contribution in [0.4, 0.5) is 0 Å². The summed E-state index contributed by atoms with van der Waals surface area (Å²) in [5.74, 6) is -3.10. The van der Waals surface area contributed by atoms with Crippen LogP contribution in [0.2, 0.25) is 0 Å². The van der Waals surface area contributed by atoms with E-state index in [9.17, 15) is 24.6 Å². The Bertz CT molecular complexity index is 1200. The molecule has 0 atom stereocenters. The molecule has 11 nitrogen and oxygen atoms in total. The molecule has 0 aliphatic carbocycles. The number of carbonyl (C=O) groups is 2. The van der Waals surface area contributed by atoms with Gasteiger partial charge in [-0.3, -0.25) is 9.59 Å². The van der Waals surface area contributed by atoms with Gasteiger partial charge in [-0.15, -0.1) is 4.73 Å². The molecule has 0 spiro atoms. The van der Waals surface area contributed by atoms with Gasteiger partial charge in [0.1, 0.15) is 24.4 Å². The Balaban J connectivity index is 1.88. The van der Waals surface area contributed by atoms with Crippen LogP contribution in [-0.2, 0) is 11.3 Å². The Morgan fingerprint density at radius 1 is 1.13 bits per heavy atom. The molecule has 3 heterocycles. The first-order valence-electron chi connectivity index (χ1n) is 9.39. The molecule has 1 fully saturated rings. The Morgan fingerprint density at radius 3 is 2.52 bits per heavy atom. The van der Waals surface area contributed by atoms with Crippen molar-refractivity contribution in [1.82, 2.24) is 19.6 Å². The van der Waals surface area contributed by atoms with E-state index in [0.717, 1.165) is 6.33 Å². The Labute approximate surface area is 175 Å². The first-order valence-corrected chi connectivity index (χ1v) is 9.39. The van der Waals surface area contributed by atoms with E-state index < -0.39 is 28.7 Å². The molecule has 2 N–H and O–H groups in total. The van der Waals surface area contributed by atoms with Crippen molar-refractivity contribution in [2.24, 2.45) is 0 Å². The summed E-state index contributed by atoms with van der Waals surface area (Å²) in [6.45, 7) is 1.22. The maximum absolute atomic E-state index is 13.0. The Hall–Kier alpha value is -3.99. The number of hydrogen-bond donors (Lipinski definition) is 2. The van der Waals surface area contributed by atoms with Crippen LogP contribution in [0.3, 0.4) is 0 Å². The van der Waals surface area contributed by atoms with E-state index in [1.54, 1.807) is 24.3 Å². The summed E-state index contributed by atoms with van der Waals surface area (Å²) in [5, 5.41) is 19.9.